The Morgan fingerprint density at radius 1 is 1.25 bits per heavy atom. The van der Waals surface area contributed by atoms with Crippen molar-refractivity contribution in [1.82, 2.24) is 0 Å². The van der Waals surface area contributed by atoms with Gasteiger partial charge in [0.15, 0.2) is 0 Å². The standard InChI is InChI=1S/C10H15OSi/c1-8-6-5-7-9(12(3)4)10(8)11-2/h5-7H,1-4H3. The van der Waals surface area contributed by atoms with Crippen LogP contribution in [0.15, 0.2) is 18.2 Å². The molecular formula is C10H15OSi. The lowest BCUT2D eigenvalue weighted by Crippen LogP contribution is -2.24. The molecule has 1 rings (SSSR count). The first-order valence-electron chi connectivity index (χ1n) is 4.11. The molecule has 0 heterocycles. The third kappa shape index (κ3) is 1.69. The van der Waals surface area contributed by atoms with Crippen LogP contribution < -0.4 is 9.92 Å². The molecule has 0 unspecified atom stereocenters. The van der Waals surface area contributed by atoms with E-state index in [-0.39, 0.29) is 0 Å². The van der Waals surface area contributed by atoms with Crippen LogP contribution in [0.4, 0.5) is 0 Å². The molecule has 0 aromatic heterocycles. The van der Waals surface area contributed by atoms with Crippen LogP contribution in [0.2, 0.25) is 13.1 Å². The lowest BCUT2D eigenvalue weighted by molar-refractivity contribution is 0.415. The third-order valence-corrected chi connectivity index (χ3v) is 3.43. The summed E-state index contributed by atoms with van der Waals surface area (Å²) in [6.45, 7) is 6.65. The highest BCUT2D eigenvalue weighted by Crippen LogP contribution is 2.14. The van der Waals surface area contributed by atoms with Crippen molar-refractivity contribution in [2.75, 3.05) is 7.11 Å². The molecule has 0 saturated carbocycles. The molecule has 0 aliphatic heterocycles. The summed E-state index contributed by atoms with van der Waals surface area (Å²) in [5.41, 5.74) is 1.24. The van der Waals surface area contributed by atoms with Gasteiger partial charge in [-0.25, -0.2) is 0 Å². The van der Waals surface area contributed by atoms with Gasteiger partial charge < -0.3 is 4.74 Å². The molecule has 12 heavy (non-hydrogen) atoms. The normalized spacial score (nSPS) is 10.4. The maximum Gasteiger partial charge on any atom is 0.120 e. The fourth-order valence-corrected chi connectivity index (χ4v) is 2.50. The van der Waals surface area contributed by atoms with Crippen LogP contribution >= 0.6 is 0 Å². The van der Waals surface area contributed by atoms with Gasteiger partial charge in [-0.2, -0.15) is 0 Å². The molecule has 1 nitrogen and oxygen atoms in total. The summed E-state index contributed by atoms with van der Waals surface area (Å²) in [7, 11) is 1.35. The monoisotopic (exact) mass is 179 g/mol. The molecule has 0 N–H and O–H groups in total. The Balaban J connectivity index is 3.18. The zero-order chi connectivity index (χ0) is 9.14. The minimum Gasteiger partial charge on any atom is -0.497 e. The van der Waals surface area contributed by atoms with Crippen molar-refractivity contribution in [3.05, 3.63) is 23.8 Å². The van der Waals surface area contributed by atoms with E-state index in [2.05, 4.69) is 38.2 Å². The Morgan fingerprint density at radius 2 is 1.92 bits per heavy atom. The molecule has 0 aliphatic carbocycles. The van der Waals surface area contributed by atoms with Gasteiger partial charge in [-0.3, -0.25) is 0 Å². The number of benzene rings is 1. The van der Waals surface area contributed by atoms with Crippen LogP contribution in [-0.2, 0) is 0 Å². The first kappa shape index (κ1) is 9.33. The molecule has 65 valence electrons. The lowest BCUT2D eigenvalue weighted by Gasteiger charge is -2.12. The Morgan fingerprint density at radius 3 is 2.33 bits per heavy atom. The van der Waals surface area contributed by atoms with Gasteiger partial charge in [0.25, 0.3) is 0 Å². The summed E-state index contributed by atoms with van der Waals surface area (Å²) in [6.07, 6.45) is 0. The molecule has 0 amide bonds. The fourth-order valence-electron chi connectivity index (χ4n) is 1.32. The Hall–Kier alpha value is -0.763. The summed E-state index contributed by atoms with van der Waals surface area (Å²) in [5, 5.41) is 1.39. The van der Waals surface area contributed by atoms with Gasteiger partial charge in [-0.05, 0) is 17.7 Å². The molecule has 0 aliphatic rings. The van der Waals surface area contributed by atoms with Gasteiger partial charge in [0.1, 0.15) is 5.75 Å². The van der Waals surface area contributed by atoms with Crippen molar-refractivity contribution in [2.24, 2.45) is 0 Å². The van der Waals surface area contributed by atoms with Crippen LogP contribution in [0.3, 0.4) is 0 Å². The number of aryl methyl sites for hydroxylation is 1. The molecule has 0 bridgehead atoms. The molecule has 0 saturated heterocycles. The highest BCUT2D eigenvalue weighted by atomic mass is 28.3. The predicted molar refractivity (Wildman–Crippen MR) is 54.8 cm³/mol. The van der Waals surface area contributed by atoms with Crippen molar-refractivity contribution >= 4 is 14.0 Å². The molecule has 0 spiro atoms. The molecular weight excluding hydrogens is 164 g/mol. The molecule has 0 atom stereocenters. The van der Waals surface area contributed by atoms with Crippen molar-refractivity contribution in [3.8, 4) is 5.75 Å². The van der Waals surface area contributed by atoms with E-state index < -0.39 is 8.80 Å². The number of methoxy groups -OCH3 is 1. The van der Waals surface area contributed by atoms with Crippen LogP contribution in [0, 0.1) is 6.92 Å². The van der Waals surface area contributed by atoms with E-state index in [0.717, 1.165) is 5.75 Å². The van der Waals surface area contributed by atoms with E-state index in [4.69, 9.17) is 4.74 Å². The van der Waals surface area contributed by atoms with E-state index >= 15 is 0 Å². The molecule has 1 aromatic rings. The number of para-hydroxylation sites is 1. The maximum atomic E-state index is 5.36. The lowest BCUT2D eigenvalue weighted by atomic mass is 10.2. The van der Waals surface area contributed by atoms with Crippen LogP contribution in [0.5, 0.6) is 5.75 Å². The molecule has 1 aromatic carbocycles. The molecule has 2 heteroatoms. The Kier molecular flexibility index (Phi) is 2.92. The molecule has 0 fully saturated rings. The highest BCUT2D eigenvalue weighted by Gasteiger charge is 2.09. The zero-order valence-electron chi connectivity index (χ0n) is 8.14. The minimum atomic E-state index is -0.401. The maximum absolute atomic E-state index is 5.36. The minimum absolute atomic E-state index is 0.401. The topological polar surface area (TPSA) is 9.23 Å². The Labute approximate surface area is 76.0 Å². The molecule has 1 radical (unpaired) electrons. The van der Waals surface area contributed by atoms with Gasteiger partial charge in [-0.15, -0.1) is 0 Å². The van der Waals surface area contributed by atoms with E-state index in [1.807, 2.05) is 0 Å². The number of hydrogen-bond acceptors (Lipinski definition) is 1. The smallest absolute Gasteiger partial charge is 0.120 e. The van der Waals surface area contributed by atoms with Gasteiger partial charge in [0.05, 0.1) is 15.9 Å². The number of ether oxygens (including phenoxy) is 1. The zero-order valence-corrected chi connectivity index (χ0v) is 9.14. The van der Waals surface area contributed by atoms with Crippen molar-refractivity contribution in [2.45, 2.75) is 20.0 Å². The fraction of sp³-hybridized carbons (Fsp3) is 0.400. The summed E-state index contributed by atoms with van der Waals surface area (Å²) in [4.78, 5) is 0. The van der Waals surface area contributed by atoms with E-state index in [1.165, 1.54) is 10.8 Å². The summed E-state index contributed by atoms with van der Waals surface area (Å²) in [5.74, 6) is 1.08. The van der Waals surface area contributed by atoms with Crippen molar-refractivity contribution in [1.29, 1.82) is 0 Å². The predicted octanol–water partition coefficient (Wildman–Crippen LogP) is 1.97. The summed E-state index contributed by atoms with van der Waals surface area (Å²) < 4.78 is 5.36. The highest BCUT2D eigenvalue weighted by molar-refractivity contribution is 6.71. The second-order valence-electron chi connectivity index (χ2n) is 3.16. The first-order chi connectivity index (χ1) is 5.66. The van der Waals surface area contributed by atoms with Crippen LogP contribution in [-0.4, -0.2) is 15.9 Å². The van der Waals surface area contributed by atoms with E-state index in [1.54, 1.807) is 7.11 Å². The second kappa shape index (κ2) is 3.76. The summed E-state index contributed by atoms with van der Waals surface area (Å²) in [6, 6.07) is 6.36. The van der Waals surface area contributed by atoms with Crippen LogP contribution in [0.25, 0.3) is 0 Å². The largest absolute Gasteiger partial charge is 0.497 e. The van der Waals surface area contributed by atoms with E-state index in [9.17, 15) is 0 Å². The third-order valence-electron chi connectivity index (χ3n) is 1.95. The van der Waals surface area contributed by atoms with Gasteiger partial charge >= 0.3 is 0 Å². The van der Waals surface area contributed by atoms with Gasteiger partial charge in [0, 0.05) is 0 Å². The average Bonchev–Trinajstić information content (AvgIpc) is 2.03. The average molecular weight is 179 g/mol. The second-order valence-corrected chi connectivity index (χ2v) is 5.69. The quantitative estimate of drug-likeness (QED) is 0.631. The number of rotatable bonds is 2. The SMILES string of the molecule is COc1c(C)cccc1[Si](C)C. The first-order valence-corrected chi connectivity index (χ1v) is 6.61. The van der Waals surface area contributed by atoms with Gasteiger partial charge in [0.2, 0.25) is 0 Å². The Bertz CT molecular complexity index is 269. The van der Waals surface area contributed by atoms with E-state index in [0.29, 0.717) is 0 Å². The summed E-state index contributed by atoms with van der Waals surface area (Å²) >= 11 is 0. The van der Waals surface area contributed by atoms with Crippen molar-refractivity contribution in [3.63, 3.8) is 0 Å². The van der Waals surface area contributed by atoms with Crippen molar-refractivity contribution < 1.29 is 4.74 Å². The number of hydrogen-bond donors (Lipinski definition) is 0. The van der Waals surface area contributed by atoms with Crippen LogP contribution in [0.1, 0.15) is 5.56 Å². The van der Waals surface area contributed by atoms with Gasteiger partial charge in [-0.1, -0.05) is 31.3 Å².